The Morgan fingerprint density at radius 2 is 2.09 bits per heavy atom. The predicted molar refractivity (Wildman–Crippen MR) is 48.5 cm³/mol. The fourth-order valence-corrected chi connectivity index (χ4v) is 1.43. The summed E-state index contributed by atoms with van der Waals surface area (Å²) in [7, 11) is -0.217. The van der Waals surface area contributed by atoms with Crippen molar-refractivity contribution in [3.8, 4) is 0 Å². The van der Waals surface area contributed by atoms with Crippen molar-refractivity contribution in [1.29, 1.82) is 0 Å². The standard InChI is InChI=1S/C9H11OP/c1-2-8-4-3-5-9(6-8)7-11-10/h3-6H,2,7H2,1H3/p+1. The van der Waals surface area contributed by atoms with Crippen LogP contribution in [-0.2, 0) is 17.1 Å². The van der Waals surface area contributed by atoms with Gasteiger partial charge in [-0.1, -0.05) is 35.8 Å². The quantitative estimate of drug-likeness (QED) is 0.632. The zero-order chi connectivity index (χ0) is 8.10. The molecule has 0 amide bonds. The molecule has 0 saturated carbocycles. The van der Waals surface area contributed by atoms with Crippen LogP contribution >= 0.6 is 8.46 Å². The lowest BCUT2D eigenvalue weighted by atomic mass is 10.1. The monoisotopic (exact) mass is 167 g/mol. The van der Waals surface area contributed by atoms with E-state index in [1.165, 1.54) is 11.1 Å². The molecule has 0 bridgehead atoms. The Kier molecular flexibility index (Phi) is 3.25. The van der Waals surface area contributed by atoms with Gasteiger partial charge >= 0.3 is 8.46 Å². The van der Waals surface area contributed by atoms with Crippen LogP contribution in [0.1, 0.15) is 18.1 Å². The van der Waals surface area contributed by atoms with Crippen LogP contribution in [0.2, 0.25) is 0 Å². The molecule has 0 N–H and O–H groups in total. The summed E-state index contributed by atoms with van der Waals surface area (Å²) in [6.07, 6.45) is 1.74. The summed E-state index contributed by atoms with van der Waals surface area (Å²) in [5.41, 5.74) is 2.50. The first kappa shape index (κ1) is 8.42. The molecule has 1 rings (SSSR count). The molecule has 0 aliphatic rings. The van der Waals surface area contributed by atoms with Crippen molar-refractivity contribution in [2.45, 2.75) is 19.5 Å². The van der Waals surface area contributed by atoms with Gasteiger partial charge in [-0.3, -0.25) is 0 Å². The van der Waals surface area contributed by atoms with E-state index < -0.39 is 0 Å². The molecule has 1 atom stereocenters. The fourth-order valence-electron chi connectivity index (χ4n) is 1.04. The molecule has 1 unspecified atom stereocenters. The van der Waals surface area contributed by atoms with Crippen molar-refractivity contribution >= 4 is 8.46 Å². The van der Waals surface area contributed by atoms with Gasteiger partial charge in [-0.15, -0.1) is 0 Å². The molecule has 0 radical (unpaired) electrons. The van der Waals surface area contributed by atoms with Gasteiger partial charge in [-0.25, -0.2) is 0 Å². The lowest BCUT2D eigenvalue weighted by Crippen LogP contribution is -1.82. The first-order valence-electron chi connectivity index (χ1n) is 3.79. The summed E-state index contributed by atoms with van der Waals surface area (Å²) in [4.78, 5) is 0. The van der Waals surface area contributed by atoms with Crippen LogP contribution in [0.25, 0.3) is 0 Å². The second-order valence-electron chi connectivity index (χ2n) is 2.49. The average molecular weight is 167 g/mol. The van der Waals surface area contributed by atoms with Crippen LogP contribution in [0.4, 0.5) is 0 Å². The Morgan fingerprint density at radius 3 is 2.73 bits per heavy atom. The van der Waals surface area contributed by atoms with Crippen molar-refractivity contribution in [2.24, 2.45) is 0 Å². The summed E-state index contributed by atoms with van der Waals surface area (Å²) in [6, 6.07) is 8.25. The molecule has 2 heteroatoms. The van der Waals surface area contributed by atoms with E-state index in [0.717, 1.165) is 6.42 Å². The Labute approximate surface area is 68.6 Å². The molecule has 0 heterocycles. The van der Waals surface area contributed by atoms with Gasteiger partial charge in [-0.2, -0.15) is 0 Å². The van der Waals surface area contributed by atoms with E-state index in [-0.39, 0.29) is 8.46 Å². The maximum atomic E-state index is 10.3. The van der Waals surface area contributed by atoms with Crippen LogP contribution < -0.4 is 0 Å². The highest BCUT2D eigenvalue weighted by Crippen LogP contribution is 2.11. The molecular weight excluding hydrogens is 155 g/mol. The van der Waals surface area contributed by atoms with E-state index in [4.69, 9.17) is 0 Å². The van der Waals surface area contributed by atoms with E-state index in [9.17, 15) is 4.57 Å². The molecule has 0 aromatic heterocycles. The molecule has 0 saturated heterocycles. The number of hydrogen-bond donors (Lipinski definition) is 0. The Balaban J connectivity index is 2.82. The first-order valence-corrected chi connectivity index (χ1v) is 4.91. The summed E-state index contributed by atoms with van der Waals surface area (Å²) in [6.45, 7) is 2.12. The van der Waals surface area contributed by atoms with Gasteiger partial charge in [0.05, 0.1) is 0 Å². The van der Waals surface area contributed by atoms with Gasteiger partial charge in [-0.05, 0) is 17.5 Å². The second kappa shape index (κ2) is 4.25. The predicted octanol–water partition coefficient (Wildman–Crippen LogP) is 2.77. The number of benzene rings is 1. The third-order valence-corrected chi connectivity index (χ3v) is 2.23. The minimum Gasteiger partial charge on any atom is -0.0771 e. The van der Waals surface area contributed by atoms with E-state index in [2.05, 4.69) is 19.1 Å². The average Bonchev–Trinajstić information content (AvgIpc) is 2.06. The molecular formula is C9H12OP+. The van der Waals surface area contributed by atoms with Gasteiger partial charge in [0.2, 0.25) is 0 Å². The molecule has 0 spiro atoms. The Morgan fingerprint density at radius 1 is 1.36 bits per heavy atom. The zero-order valence-corrected chi connectivity index (χ0v) is 7.63. The second-order valence-corrected chi connectivity index (χ2v) is 3.14. The number of aryl methyl sites for hydroxylation is 1. The molecule has 0 aliphatic carbocycles. The third kappa shape index (κ3) is 2.44. The highest BCUT2D eigenvalue weighted by molar-refractivity contribution is 7.22. The van der Waals surface area contributed by atoms with Crippen molar-refractivity contribution in [3.63, 3.8) is 0 Å². The van der Waals surface area contributed by atoms with Crippen molar-refractivity contribution in [1.82, 2.24) is 0 Å². The topological polar surface area (TPSA) is 17.1 Å². The number of rotatable bonds is 3. The smallest absolute Gasteiger partial charge is 0.0771 e. The Bertz CT molecular complexity index is 245. The summed E-state index contributed by atoms with van der Waals surface area (Å²) in [5.74, 6) is 0. The number of hydrogen-bond acceptors (Lipinski definition) is 1. The largest absolute Gasteiger partial charge is 0.329 e. The van der Waals surface area contributed by atoms with Crippen LogP contribution in [0, 0.1) is 0 Å². The Hall–Kier alpha value is -0.680. The van der Waals surface area contributed by atoms with Crippen molar-refractivity contribution < 1.29 is 4.57 Å². The van der Waals surface area contributed by atoms with Gasteiger partial charge in [0.15, 0.2) is 6.16 Å². The minimum atomic E-state index is -0.217. The van der Waals surface area contributed by atoms with E-state index in [1.807, 2.05) is 12.1 Å². The van der Waals surface area contributed by atoms with Crippen molar-refractivity contribution in [2.75, 3.05) is 0 Å². The molecule has 1 nitrogen and oxygen atoms in total. The molecule has 1 aromatic rings. The first-order chi connectivity index (χ1) is 5.36. The van der Waals surface area contributed by atoms with Crippen LogP contribution in [-0.4, -0.2) is 0 Å². The van der Waals surface area contributed by atoms with E-state index in [1.54, 1.807) is 0 Å². The highest BCUT2D eigenvalue weighted by atomic mass is 31.1. The van der Waals surface area contributed by atoms with Crippen molar-refractivity contribution in [3.05, 3.63) is 35.4 Å². The van der Waals surface area contributed by atoms with Gasteiger partial charge in [0, 0.05) is 0 Å². The molecule has 58 valence electrons. The molecule has 1 aromatic carbocycles. The van der Waals surface area contributed by atoms with Crippen LogP contribution in [0.3, 0.4) is 0 Å². The molecule has 11 heavy (non-hydrogen) atoms. The normalized spacial score (nSPS) is 10.3. The third-order valence-electron chi connectivity index (χ3n) is 1.68. The highest BCUT2D eigenvalue weighted by Gasteiger charge is 1.97. The maximum Gasteiger partial charge on any atom is 0.329 e. The summed E-state index contributed by atoms with van der Waals surface area (Å²) >= 11 is 0. The van der Waals surface area contributed by atoms with E-state index in [0.29, 0.717) is 6.16 Å². The lowest BCUT2D eigenvalue weighted by molar-refractivity contribution is 0.598. The summed E-state index contributed by atoms with van der Waals surface area (Å²) in [5, 5.41) is 0. The van der Waals surface area contributed by atoms with Gasteiger partial charge in [0.1, 0.15) is 0 Å². The molecule has 0 fully saturated rings. The van der Waals surface area contributed by atoms with Crippen LogP contribution in [0.5, 0.6) is 0 Å². The molecule has 0 aliphatic heterocycles. The zero-order valence-electron chi connectivity index (χ0n) is 6.63. The SMILES string of the molecule is CCc1cccc(C[PH+]=O)c1. The van der Waals surface area contributed by atoms with Gasteiger partial charge < -0.3 is 0 Å². The van der Waals surface area contributed by atoms with E-state index >= 15 is 0 Å². The lowest BCUT2D eigenvalue weighted by Gasteiger charge is -1.95. The fraction of sp³-hybridized carbons (Fsp3) is 0.333. The minimum absolute atomic E-state index is 0.217. The summed E-state index contributed by atoms with van der Waals surface area (Å²) < 4.78 is 10.3. The maximum absolute atomic E-state index is 10.3. The van der Waals surface area contributed by atoms with Gasteiger partial charge in [0.25, 0.3) is 0 Å². The van der Waals surface area contributed by atoms with Crippen LogP contribution in [0.15, 0.2) is 24.3 Å².